The van der Waals surface area contributed by atoms with Crippen LogP contribution in [0.2, 0.25) is 0 Å². The molecular formula is C38H60N8O14S2. The Morgan fingerprint density at radius 2 is 1.05 bits per heavy atom. The van der Waals surface area contributed by atoms with Gasteiger partial charge in [-0.3, -0.25) is 53.0 Å². The molecule has 0 radical (unpaired) electrons. The quantitative estimate of drug-likeness (QED) is 0.0329. The number of ketones is 1. The highest BCUT2D eigenvalue weighted by Crippen LogP contribution is 2.24. The van der Waals surface area contributed by atoms with Crippen molar-refractivity contribution < 1.29 is 67.0 Å². The third-order valence-electron chi connectivity index (χ3n) is 9.29. The topological polar surface area (TPSA) is 294 Å². The summed E-state index contributed by atoms with van der Waals surface area (Å²) in [5.41, 5.74) is 0. The van der Waals surface area contributed by atoms with Gasteiger partial charge in [-0.15, -0.1) is 0 Å². The fourth-order valence-corrected chi connectivity index (χ4v) is 7.47. The number of nitrogens with one attached hydrogen (secondary N) is 6. The van der Waals surface area contributed by atoms with Gasteiger partial charge in [-0.25, -0.2) is 9.59 Å². The van der Waals surface area contributed by atoms with Crippen LogP contribution in [0, 0.1) is 5.92 Å². The molecule has 0 aromatic rings. The first-order valence-electron chi connectivity index (χ1n) is 20.3. The SMILES string of the molecule is CCNC(=O)OCC(COC(=O)NCC)OCCCC(=O)C(CC(=O)NC(C)NC(=O)CCN1C(=O)CC(SC)C1=O)CC(=O)NC(C)NC(=O)CCN1C(=O)CC(SC)C1=O. The van der Waals surface area contributed by atoms with Gasteiger partial charge in [-0.1, -0.05) is 0 Å². The molecule has 4 unspecified atom stereocenters. The van der Waals surface area contributed by atoms with Gasteiger partial charge >= 0.3 is 12.2 Å². The maximum atomic E-state index is 13.5. The molecule has 0 aromatic carbocycles. The highest BCUT2D eigenvalue weighted by Gasteiger charge is 2.39. The second-order valence-electron chi connectivity index (χ2n) is 14.3. The van der Waals surface area contributed by atoms with Crippen molar-refractivity contribution >= 4 is 88.8 Å². The third kappa shape index (κ3) is 19.0. The summed E-state index contributed by atoms with van der Waals surface area (Å²) in [4.78, 5) is 140. The second kappa shape index (κ2) is 27.9. The average molecular weight is 917 g/mol. The lowest BCUT2D eigenvalue weighted by Gasteiger charge is -2.21. The number of ether oxygens (including phenoxy) is 3. The molecular weight excluding hydrogens is 857 g/mol. The molecule has 24 heteroatoms. The Bertz CT molecular complexity index is 1530. The van der Waals surface area contributed by atoms with Crippen molar-refractivity contribution in [3.8, 4) is 0 Å². The Hall–Kier alpha value is -4.97. The van der Waals surface area contributed by atoms with Crippen LogP contribution in [-0.4, -0.2) is 162 Å². The van der Waals surface area contributed by atoms with E-state index >= 15 is 0 Å². The van der Waals surface area contributed by atoms with Crippen LogP contribution in [0.25, 0.3) is 0 Å². The molecule has 0 aliphatic carbocycles. The average Bonchev–Trinajstić information content (AvgIpc) is 3.64. The summed E-state index contributed by atoms with van der Waals surface area (Å²) in [7, 11) is 0. The number of nitrogens with zero attached hydrogens (tertiary/aromatic N) is 2. The van der Waals surface area contributed by atoms with Crippen molar-refractivity contribution in [2.45, 2.75) is 108 Å². The van der Waals surface area contributed by atoms with Crippen LogP contribution >= 0.6 is 23.5 Å². The molecule has 0 aromatic heterocycles. The number of carbonyl (C=O) groups excluding carboxylic acids is 11. The lowest BCUT2D eigenvalue weighted by Crippen LogP contribution is -2.48. The minimum absolute atomic E-state index is 0.0551. The second-order valence-corrected chi connectivity index (χ2v) is 16.3. The molecule has 2 aliphatic rings. The van der Waals surface area contributed by atoms with Crippen LogP contribution in [-0.2, 0) is 57.4 Å². The van der Waals surface area contributed by atoms with Crippen LogP contribution in [0.3, 0.4) is 0 Å². The lowest BCUT2D eigenvalue weighted by atomic mass is 9.92. The number of Topliss-reactive ketones (excluding diaryl/α,β-unsaturated/α-hetero) is 1. The van der Waals surface area contributed by atoms with E-state index in [1.165, 1.54) is 37.4 Å². The summed E-state index contributed by atoms with van der Waals surface area (Å²) < 4.78 is 15.9. The van der Waals surface area contributed by atoms with Crippen molar-refractivity contribution in [2.75, 3.05) is 58.5 Å². The van der Waals surface area contributed by atoms with E-state index in [1.807, 2.05) is 0 Å². The van der Waals surface area contributed by atoms with Crippen LogP contribution < -0.4 is 31.9 Å². The van der Waals surface area contributed by atoms with Crippen LogP contribution in [0.4, 0.5) is 9.59 Å². The van der Waals surface area contributed by atoms with Crippen molar-refractivity contribution in [3.63, 3.8) is 0 Å². The zero-order valence-electron chi connectivity index (χ0n) is 36.0. The van der Waals surface area contributed by atoms with Gasteiger partial charge in [0.15, 0.2) is 0 Å². The molecule has 348 valence electrons. The fraction of sp³-hybridized carbons (Fsp3) is 0.711. The van der Waals surface area contributed by atoms with E-state index in [1.54, 1.807) is 26.4 Å². The number of alkyl carbamates (subject to hydrolysis) is 2. The number of hydrogen-bond acceptors (Lipinski definition) is 16. The molecule has 6 N–H and O–H groups in total. The predicted octanol–water partition coefficient (Wildman–Crippen LogP) is -0.472. The molecule has 10 amide bonds. The predicted molar refractivity (Wildman–Crippen MR) is 225 cm³/mol. The van der Waals surface area contributed by atoms with E-state index in [0.29, 0.717) is 13.1 Å². The summed E-state index contributed by atoms with van der Waals surface area (Å²) in [6.45, 7) is 6.09. The smallest absolute Gasteiger partial charge is 0.407 e. The number of rotatable bonds is 28. The van der Waals surface area contributed by atoms with Crippen molar-refractivity contribution in [2.24, 2.45) is 5.92 Å². The molecule has 2 heterocycles. The van der Waals surface area contributed by atoms with E-state index in [9.17, 15) is 52.7 Å². The third-order valence-corrected chi connectivity index (χ3v) is 11.2. The summed E-state index contributed by atoms with van der Waals surface area (Å²) in [6, 6.07) is 0. The molecule has 2 fully saturated rings. The van der Waals surface area contributed by atoms with E-state index in [2.05, 4.69) is 31.9 Å². The van der Waals surface area contributed by atoms with Gasteiger partial charge in [0.1, 0.15) is 25.1 Å². The Morgan fingerprint density at radius 3 is 1.42 bits per heavy atom. The van der Waals surface area contributed by atoms with E-state index < -0.39 is 89.3 Å². The Balaban J connectivity index is 2.02. The Kier molecular flexibility index (Phi) is 23.9. The molecule has 2 saturated heterocycles. The number of amides is 10. The largest absolute Gasteiger partial charge is 0.447 e. The minimum atomic E-state index is -1.17. The van der Waals surface area contributed by atoms with Gasteiger partial charge in [0.25, 0.3) is 0 Å². The maximum absolute atomic E-state index is 13.5. The van der Waals surface area contributed by atoms with Gasteiger partial charge in [0, 0.05) is 83.6 Å². The van der Waals surface area contributed by atoms with Crippen molar-refractivity contribution in [1.29, 1.82) is 0 Å². The number of hydrogen-bond donors (Lipinski definition) is 6. The maximum Gasteiger partial charge on any atom is 0.407 e. The summed E-state index contributed by atoms with van der Waals surface area (Å²) in [5.74, 6) is -5.63. The van der Waals surface area contributed by atoms with Gasteiger partial charge in [-0.2, -0.15) is 23.5 Å². The zero-order chi connectivity index (χ0) is 46.4. The fourth-order valence-electron chi connectivity index (χ4n) is 6.19. The van der Waals surface area contributed by atoms with E-state index in [0.717, 1.165) is 9.80 Å². The molecule has 0 spiro atoms. The first-order valence-corrected chi connectivity index (χ1v) is 22.9. The van der Waals surface area contributed by atoms with Gasteiger partial charge in [-0.05, 0) is 46.6 Å². The highest BCUT2D eigenvalue weighted by molar-refractivity contribution is 8.00. The number of thioether (sulfide) groups is 2. The summed E-state index contributed by atoms with van der Waals surface area (Å²) in [5, 5.41) is 14.2. The lowest BCUT2D eigenvalue weighted by molar-refractivity contribution is -0.140. The molecule has 22 nitrogen and oxygen atoms in total. The standard InChI is InChI=1S/C38H60N8O14S2/c1-7-39-37(56)59-20-25(21-60-38(57)40-8-2)58-15-9-10-26(47)24(16-31(50)43-22(3)41-29(48)11-13-45-33(52)18-27(61-5)35(45)54)17-32(51)44-23(4)42-30(49)12-14-46-34(53)19-28(62-6)36(46)55/h22-25,27-28H,7-21H2,1-6H3,(H,39,56)(H,40,57)(H,41,48)(H,42,49)(H,43,50)(H,44,51). The van der Waals surface area contributed by atoms with Crippen LogP contribution in [0.15, 0.2) is 0 Å². The van der Waals surface area contributed by atoms with Crippen LogP contribution in [0.5, 0.6) is 0 Å². The van der Waals surface area contributed by atoms with Crippen molar-refractivity contribution in [3.05, 3.63) is 0 Å². The van der Waals surface area contributed by atoms with Gasteiger partial charge in [0.2, 0.25) is 47.3 Å². The Morgan fingerprint density at radius 1 is 0.645 bits per heavy atom. The molecule has 0 saturated carbocycles. The zero-order valence-corrected chi connectivity index (χ0v) is 37.6. The number of carbonyl (C=O) groups is 11. The summed E-state index contributed by atoms with van der Waals surface area (Å²) in [6.07, 6.45) is -2.09. The monoisotopic (exact) mass is 916 g/mol. The highest BCUT2D eigenvalue weighted by atomic mass is 32.2. The Labute approximate surface area is 368 Å². The molecule has 2 aliphatic heterocycles. The normalized spacial score (nSPS) is 17.6. The van der Waals surface area contributed by atoms with Crippen molar-refractivity contribution in [1.82, 2.24) is 41.7 Å². The number of imide groups is 2. The first-order chi connectivity index (χ1) is 29.4. The molecule has 2 rings (SSSR count). The van der Waals surface area contributed by atoms with E-state index in [-0.39, 0.29) is 95.1 Å². The molecule has 4 atom stereocenters. The molecule has 0 bridgehead atoms. The minimum Gasteiger partial charge on any atom is -0.447 e. The van der Waals surface area contributed by atoms with Gasteiger partial charge < -0.3 is 46.1 Å². The van der Waals surface area contributed by atoms with Gasteiger partial charge in [0.05, 0.1) is 22.8 Å². The van der Waals surface area contributed by atoms with Crippen LogP contribution in [0.1, 0.15) is 79.1 Å². The number of likely N-dealkylation sites (tertiary alicyclic amines) is 2. The van der Waals surface area contributed by atoms with E-state index in [4.69, 9.17) is 14.2 Å². The first kappa shape index (κ1) is 53.2. The molecule has 62 heavy (non-hydrogen) atoms. The summed E-state index contributed by atoms with van der Waals surface area (Å²) >= 11 is 2.50.